The van der Waals surface area contributed by atoms with E-state index in [4.69, 9.17) is 33.7 Å². The molecule has 4 aliphatic rings. The van der Waals surface area contributed by atoms with Crippen molar-refractivity contribution in [3.63, 3.8) is 0 Å². The van der Waals surface area contributed by atoms with E-state index in [1.165, 1.54) is 0 Å². The summed E-state index contributed by atoms with van der Waals surface area (Å²) < 4.78 is 32.1. The summed E-state index contributed by atoms with van der Waals surface area (Å²) in [6.07, 6.45) is 13.4. The summed E-state index contributed by atoms with van der Waals surface area (Å²) in [5.41, 5.74) is 3.02. The summed E-state index contributed by atoms with van der Waals surface area (Å²) in [5, 5.41) is 24.6. The molecule has 308 valence electrons. The number of carbonyl (C=O) groups is 2. The van der Waals surface area contributed by atoms with Crippen LogP contribution in [0.5, 0.6) is 17.2 Å². The van der Waals surface area contributed by atoms with E-state index in [1.807, 2.05) is 24.3 Å². The molecular formula is C45H58N2O10. The number of fused-ring (bicyclic) bond motifs is 2. The quantitative estimate of drug-likeness (QED) is 0.0585. The average molecular weight is 787 g/mol. The molecule has 1 saturated heterocycles. The third kappa shape index (κ3) is 9.63. The van der Waals surface area contributed by atoms with Crippen molar-refractivity contribution in [3.8, 4) is 17.2 Å². The first-order chi connectivity index (χ1) is 27.9. The van der Waals surface area contributed by atoms with Crippen LogP contribution in [0.1, 0.15) is 92.5 Å². The number of amides is 1. The molecule has 7 unspecified atom stereocenters. The van der Waals surface area contributed by atoms with Gasteiger partial charge in [-0.2, -0.15) is 0 Å². The number of aliphatic hydroxyl groups excluding tert-OH is 2. The van der Waals surface area contributed by atoms with Crippen molar-refractivity contribution in [2.24, 2.45) is 22.9 Å². The van der Waals surface area contributed by atoms with Gasteiger partial charge < -0.3 is 43.6 Å². The molecule has 12 nitrogen and oxygen atoms in total. The zero-order chi connectivity index (χ0) is 40.2. The first kappa shape index (κ1) is 42.1. The first-order valence-corrected chi connectivity index (χ1v) is 20.5. The summed E-state index contributed by atoms with van der Waals surface area (Å²) >= 11 is 0. The Labute approximate surface area is 336 Å². The van der Waals surface area contributed by atoms with Crippen LogP contribution in [0.4, 0.5) is 4.79 Å². The fourth-order valence-corrected chi connectivity index (χ4v) is 8.95. The van der Waals surface area contributed by atoms with Crippen molar-refractivity contribution < 1.29 is 48.3 Å². The van der Waals surface area contributed by atoms with Crippen LogP contribution in [-0.2, 0) is 19.0 Å². The number of unbranched alkanes of at least 4 members (excludes halogenated alkanes) is 2. The van der Waals surface area contributed by atoms with Crippen LogP contribution in [0.15, 0.2) is 84.6 Å². The highest BCUT2D eigenvalue weighted by molar-refractivity contribution is 6.03. The number of ether oxygens (including phenoxy) is 5. The van der Waals surface area contributed by atoms with Gasteiger partial charge in [0.15, 0.2) is 0 Å². The highest BCUT2D eigenvalue weighted by atomic mass is 16.8. The molecule has 2 N–H and O–H groups in total. The maximum absolute atomic E-state index is 13.9. The van der Waals surface area contributed by atoms with Crippen molar-refractivity contribution in [1.82, 2.24) is 4.90 Å². The van der Waals surface area contributed by atoms with Gasteiger partial charge in [-0.15, -0.1) is 13.2 Å². The number of carbonyl (C=O) groups excluding carboxylic acids is 2. The Balaban J connectivity index is 1.54. The van der Waals surface area contributed by atoms with E-state index in [0.29, 0.717) is 54.4 Å². The van der Waals surface area contributed by atoms with E-state index < -0.39 is 30.1 Å². The molecule has 0 radical (unpaired) electrons. The van der Waals surface area contributed by atoms with E-state index in [-0.39, 0.29) is 50.6 Å². The van der Waals surface area contributed by atoms with E-state index in [1.54, 1.807) is 42.3 Å². The molecule has 12 heteroatoms. The van der Waals surface area contributed by atoms with Gasteiger partial charge in [0.2, 0.25) is 12.1 Å². The molecule has 0 bridgehead atoms. The summed E-state index contributed by atoms with van der Waals surface area (Å²) in [7, 11) is 1.70. The lowest BCUT2D eigenvalue weighted by atomic mass is 9.55. The second-order valence-electron chi connectivity index (χ2n) is 15.3. The number of allylic oxidation sites excluding steroid dienone is 1. The monoisotopic (exact) mass is 786 g/mol. The van der Waals surface area contributed by atoms with E-state index >= 15 is 0 Å². The fourth-order valence-electron chi connectivity index (χ4n) is 8.95. The van der Waals surface area contributed by atoms with Crippen molar-refractivity contribution in [2.75, 3.05) is 40.1 Å². The molecule has 1 saturated carbocycles. The number of aldehydes is 1. The topological polar surface area (TPSA) is 146 Å². The van der Waals surface area contributed by atoms with E-state index in [0.717, 1.165) is 62.4 Å². The smallest absolute Gasteiger partial charge is 0.409 e. The number of hydrogen-bond donors (Lipinski definition) is 2. The Kier molecular flexibility index (Phi) is 15.0. The van der Waals surface area contributed by atoms with Gasteiger partial charge in [-0.05, 0) is 92.7 Å². The number of oxime groups is 1. The van der Waals surface area contributed by atoms with Crippen LogP contribution in [0.2, 0.25) is 0 Å². The molecule has 1 amide bonds. The predicted molar refractivity (Wildman–Crippen MR) is 215 cm³/mol. The third-order valence-corrected chi connectivity index (χ3v) is 11.6. The van der Waals surface area contributed by atoms with Gasteiger partial charge in [-0.25, -0.2) is 4.79 Å². The normalized spacial score (nSPS) is 26.9. The maximum Gasteiger partial charge on any atom is 0.409 e. The summed E-state index contributed by atoms with van der Waals surface area (Å²) in [4.78, 5) is 33.2. The fraction of sp³-hybridized carbons (Fsp3) is 0.533. The van der Waals surface area contributed by atoms with Gasteiger partial charge in [0.1, 0.15) is 29.6 Å². The number of nitrogens with zero attached hydrogens (tertiary/aromatic N) is 2. The van der Waals surface area contributed by atoms with Crippen molar-refractivity contribution in [1.29, 1.82) is 0 Å². The minimum atomic E-state index is -1.41. The molecule has 57 heavy (non-hydrogen) atoms. The van der Waals surface area contributed by atoms with E-state index in [2.05, 4.69) is 19.2 Å². The average Bonchev–Trinajstić information content (AvgIpc) is 3.23. The lowest BCUT2D eigenvalue weighted by Gasteiger charge is -2.59. The van der Waals surface area contributed by atoms with Crippen LogP contribution in [-0.4, -0.2) is 91.4 Å². The SMILES string of the molecule is C=CCCOC(=O)N(C)C1CC(=NOC2CCCCO2)C2=CC(CCCCO)C(CCCCO)C3c4cc(Oc5cccc(C=O)c5)ccc4OC1(OCC=C)C23. The molecule has 2 aromatic carbocycles. The lowest BCUT2D eigenvalue weighted by molar-refractivity contribution is -0.254. The molecule has 0 spiro atoms. The van der Waals surface area contributed by atoms with Gasteiger partial charge in [0, 0.05) is 50.1 Å². The van der Waals surface area contributed by atoms with Crippen LogP contribution in [0.3, 0.4) is 0 Å². The lowest BCUT2D eigenvalue weighted by Crippen LogP contribution is -2.69. The van der Waals surface area contributed by atoms with Crippen LogP contribution >= 0.6 is 0 Å². The van der Waals surface area contributed by atoms with Gasteiger partial charge >= 0.3 is 6.09 Å². The number of aliphatic hydroxyl groups is 2. The Morgan fingerprint density at radius 1 is 1.04 bits per heavy atom. The second kappa shape index (κ2) is 20.3. The van der Waals surface area contributed by atoms with Gasteiger partial charge in [0.25, 0.3) is 0 Å². The molecule has 2 aromatic rings. The molecule has 2 heterocycles. The minimum absolute atomic E-state index is 0.0411. The Morgan fingerprint density at radius 3 is 2.58 bits per heavy atom. The second-order valence-corrected chi connectivity index (χ2v) is 15.3. The van der Waals surface area contributed by atoms with Crippen molar-refractivity contribution >= 4 is 18.1 Å². The molecule has 2 fully saturated rings. The van der Waals surface area contributed by atoms with Crippen LogP contribution in [0, 0.1) is 17.8 Å². The van der Waals surface area contributed by atoms with Gasteiger partial charge in [-0.1, -0.05) is 48.4 Å². The standard InChI is InChI=1S/C45H58N2O10/c1-4-6-24-53-44(51)47(3)40-29-38(46-57-41-18-9-12-25-52-41)36-27-32(15-7-10-21-48)35(17-8-11-22-49)42-37-28-34(55-33-16-13-14-31(26-33)30-50)19-20-39(37)56-45(40,43(36)42)54-23-5-2/h4-5,13-14,16,19-20,26-28,30,32,35,40-43,48-49H,1-2,6-12,15,17-18,21-25,29H2,3H3. The third-order valence-electron chi connectivity index (χ3n) is 11.6. The summed E-state index contributed by atoms with van der Waals surface area (Å²) in [6, 6.07) is 12.0. The van der Waals surface area contributed by atoms with Crippen molar-refractivity contribution in [2.45, 2.75) is 94.7 Å². The molecule has 0 aromatic heterocycles. The Hall–Kier alpha value is -4.49. The maximum atomic E-state index is 13.9. The first-order valence-electron chi connectivity index (χ1n) is 20.5. The van der Waals surface area contributed by atoms with Crippen LogP contribution in [0.25, 0.3) is 0 Å². The van der Waals surface area contributed by atoms with Crippen molar-refractivity contribution in [3.05, 3.63) is 90.6 Å². The van der Waals surface area contributed by atoms with Gasteiger partial charge in [-0.3, -0.25) is 4.79 Å². The number of benzene rings is 2. The highest BCUT2D eigenvalue weighted by Gasteiger charge is 2.65. The predicted octanol–water partition coefficient (Wildman–Crippen LogP) is 8.10. The number of rotatable bonds is 20. The number of hydrogen-bond acceptors (Lipinski definition) is 11. The molecule has 2 aliphatic heterocycles. The molecule has 2 aliphatic carbocycles. The zero-order valence-electron chi connectivity index (χ0n) is 33.1. The molecule has 6 rings (SSSR count). The summed E-state index contributed by atoms with van der Waals surface area (Å²) in [6.45, 7) is 8.84. The molecular weight excluding hydrogens is 728 g/mol. The number of likely N-dealkylation sites (N-methyl/N-ethyl adjacent to an activating group) is 1. The highest BCUT2D eigenvalue weighted by Crippen LogP contribution is 2.62. The zero-order valence-corrected chi connectivity index (χ0v) is 33.1. The van der Waals surface area contributed by atoms with Gasteiger partial charge in [0.05, 0.1) is 31.5 Å². The molecule has 7 atom stereocenters. The summed E-state index contributed by atoms with van der Waals surface area (Å²) in [5.74, 6) is -0.315. The Bertz CT molecular complexity index is 1750. The largest absolute Gasteiger partial charge is 0.459 e. The van der Waals surface area contributed by atoms with Crippen LogP contribution < -0.4 is 9.47 Å². The van der Waals surface area contributed by atoms with E-state index in [9.17, 15) is 19.8 Å². The Morgan fingerprint density at radius 2 is 1.84 bits per heavy atom. The minimum Gasteiger partial charge on any atom is -0.459 e.